The fourth-order valence-corrected chi connectivity index (χ4v) is 5.00. The molecule has 36 heavy (non-hydrogen) atoms. The van der Waals surface area contributed by atoms with Crippen LogP contribution in [0.2, 0.25) is 0 Å². The highest BCUT2D eigenvalue weighted by Crippen LogP contribution is 2.45. The molecule has 0 spiro atoms. The van der Waals surface area contributed by atoms with Gasteiger partial charge in [-0.15, -0.1) is 0 Å². The molecular formula is C24H17F4N7O. The topological polar surface area (TPSA) is 108 Å². The first kappa shape index (κ1) is 22.1. The SMILES string of the molecule is C[C@H]1Oc2cc(cnc2N)-c2c(C#N)nn3c2C(CC3)c2cc(C(F)(F)F)nn2-c2ccc(F)cc21. The van der Waals surface area contributed by atoms with E-state index >= 15 is 0 Å². The number of anilines is 1. The van der Waals surface area contributed by atoms with Crippen LogP contribution in [-0.4, -0.2) is 24.5 Å². The van der Waals surface area contributed by atoms with Gasteiger partial charge >= 0.3 is 6.18 Å². The molecule has 3 aromatic heterocycles. The van der Waals surface area contributed by atoms with Gasteiger partial charge in [0.05, 0.1) is 17.1 Å². The summed E-state index contributed by atoms with van der Waals surface area (Å²) in [6, 6.07) is 8.43. The molecule has 0 aliphatic carbocycles. The number of alkyl halides is 3. The van der Waals surface area contributed by atoms with Crippen LogP contribution in [0.3, 0.4) is 0 Å². The first-order valence-electron chi connectivity index (χ1n) is 11.1. The summed E-state index contributed by atoms with van der Waals surface area (Å²) in [6.45, 7) is 2.02. The lowest BCUT2D eigenvalue weighted by molar-refractivity contribution is -0.141. The molecule has 0 saturated heterocycles. The number of aromatic nitrogens is 5. The number of nitrogens with zero attached hydrogens (tertiary/aromatic N) is 6. The highest BCUT2D eigenvalue weighted by molar-refractivity contribution is 5.75. The van der Waals surface area contributed by atoms with Crippen LogP contribution in [0.5, 0.6) is 5.75 Å². The third kappa shape index (κ3) is 3.23. The van der Waals surface area contributed by atoms with Crippen molar-refractivity contribution in [3.63, 3.8) is 0 Å². The third-order valence-electron chi connectivity index (χ3n) is 6.57. The zero-order valence-corrected chi connectivity index (χ0v) is 18.7. The van der Waals surface area contributed by atoms with E-state index < -0.39 is 29.7 Å². The fourth-order valence-electron chi connectivity index (χ4n) is 5.00. The van der Waals surface area contributed by atoms with Gasteiger partial charge in [0.1, 0.15) is 18.0 Å². The molecule has 0 saturated carbocycles. The van der Waals surface area contributed by atoms with E-state index in [9.17, 15) is 22.8 Å². The Labute approximate surface area is 201 Å². The van der Waals surface area contributed by atoms with E-state index in [1.807, 2.05) is 0 Å². The van der Waals surface area contributed by atoms with Gasteiger partial charge in [0.15, 0.2) is 23.0 Å². The van der Waals surface area contributed by atoms with E-state index in [-0.39, 0.29) is 34.2 Å². The molecule has 2 N–H and O–H groups in total. The maximum atomic E-state index is 14.3. The van der Waals surface area contributed by atoms with Gasteiger partial charge in [-0.1, -0.05) is 0 Å². The lowest BCUT2D eigenvalue weighted by Gasteiger charge is -2.23. The lowest BCUT2D eigenvalue weighted by Crippen LogP contribution is -2.15. The van der Waals surface area contributed by atoms with Crippen molar-refractivity contribution in [2.24, 2.45) is 0 Å². The van der Waals surface area contributed by atoms with Crippen LogP contribution in [0, 0.1) is 17.1 Å². The van der Waals surface area contributed by atoms with Gasteiger partial charge in [-0.05, 0) is 43.7 Å². The van der Waals surface area contributed by atoms with E-state index in [4.69, 9.17) is 10.5 Å². The highest BCUT2D eigenvalue weighted by atomic mass is 19.4. The van der Waals surface area contributed by atoms with Crippen LogP contribution in [0.25, 0.3) is 16.8 Å². The second-order valence-corrected chi connectivity index (χ2v) is 8.72. The largest absolute Gasteiger partial charge is 0.482 e. The van der Waals surface area contributed by atoms with Crippen molar-refractivity contribution in [2.45, 2.75) is 38.1 Å². The van der Waals surface area contributed by atoms with Crippen LogP contribution < -0.4 is 10.5 Å². The second-order valence-electron chi connectivity index (χ2n) is 8.72. The number of rotatable bonds is 0. The van der Waals surface area contributed by atoms with E-state index in [1.54, 1.807) is 17.7 Å². The van der Waals surface area contributed by atoms with Crippen molar-refractivity contribution < 1.29 is 22.3 Å². The van der Waals surface area contributed by atoms with Gasteiger partial charge in [0.2, 0.25) is 0 Å². The second kappa shape index (κ2) is 7.55. The first-order valence-corrected chi connectivity index (χ1v) is 11.1. The first-order chi connectivity index (χ1) is 17.2. The molecule has 2 bridgehead atoms. The minimum absolute atomic E-state index is 0.0682. The fraction of sp³-hybridized carbons (Fsp3) is 0.250. The maximum Gasteiger partial charge on any atom is 0.435 e. The molecule has 6 rings (SSSR count). The van der Waals surface area contributed by atoms with Gasteiger partial charge < -0.3 is 10.5 Å². The molecule has 12 heteroatoms. The van der Waals surface area contributed by atoms with E-state index in [0.29, 0.717) is 29.8 Å². The van der Waals surface area contributed by atoms with Gasteiger partial charge in [-0.2, -0.15) is 28.6 Å². The molecule has 1 aromatic carbocycles. The molecule has 0 fully saturated rings. The lowest BCUT2D eigenvalue weighted by atomic mass is 9.92. The van der Waals surface area contributed by atoms with Gasteiger partial charge in [0, 0.05) is 35.3 Å². The predicted molar refractivity (Wildman–Crippen MR) is 119 cm³/mol. The molecular weight excluding hydrogens is 478 g/mol. The molecule has 2 aliphatic rings. The minimum atomic E-state index is -4.71. The number of halogens is 4. The molecule has 5 heterocycles. The standard InChI is InChI=1S/C24H17F4N7O/c1-11-15-7-13(25)2-3-17(15)35-18(8-20(33-35)24(26,27)28)14-4-5-34-22(14)21(16(9-29)32-34)12-6-19(36-11)23(30)31-10-12/h2-3,6-8,10-11,14H,4-5H2,1H3,(H2,30,31)/t11-,14?/m1/s1. The van der Waals surface area contributed by atoms with Crippen LogP contribution >= 0.6 is 0 Å². The van der Waals surface area contributed by atoms with E-state index in [2.05, 4.69) is 21.3 Å². The predicted octanol–water partition coefficient (Wildman–Crippen LogP) is 4.73. The van der Waals surface area contributed by atoms with Crippen LogP contribution in [0.1, 0.15) is 53.7 Å². The molecule has 1 unspecified atom stereocenters. The Morgan fingerprint density at radius 2 is 2.00 bits per heavy atom. The Morgan fingerprint density at radius 1 is 1.19 bits per heavy atom. The van der Waals surface area contributed by atoms with E-state index in [0.717, 1.165) is 12.1 Å². The Hall–Kier alpha value is -4.40. The number of pyridine rings is 1. The maximum absolute atomic E-state index is 14.3. The third-order valence-corrected chi connectivity index (χ3v) is 6.57. The summed E-state index contributed by atoms with van der Waals surface area (Å²) < 4.78 is 64.7. The highest BCUT2D eigenvalue weighted by Gasteiger charge is 2.40. The summed E-state index contributed by atoms with van der Waals surface area (Å²) >= 11 is 0. The number of aryl methyl sites for hydroxylation is 1. The summed E-state index contributed by atoms with van der Waals surface area (Å²) in [5.74, 6) is -0.905. The average Bonchev–Trinajstić information content (AvgIpc) is 3.52. The minimum Gasteiger partial charge on any atom is -0.482 e. The van der Waals surface area contributed by atoms with Crippen molar-refractivity contribution >= 4 is 5.82 Å². The molecule has 182 valence electrons. The van der Waals surface area contributed by atoms with Crippen molar-refractivity contribution in [1.82, 2.24) is 24.5 Å². The van der Waals surface area contributed by atoms with Crippen LogP contribution in [0.15, 0.2) is 36.5 Å². The van der Waals surface area contributed by atoms with Crippen LogP contribution in [-0.2, 0) is 12.7 Å². The van der Waals surface area contributed by atoms with E-state index in [1.165, 1.54) is 23.0 Å². The Morgan fingerprint density at radius 3 is 2.75 bits per heavy atom. The molecule has 0 amide bonds. The zero-order valence-electron chi connectivity index (χ0n) is 18.7. The van der Waals surface area contributed by atoms with Crippen molar-refractivity contribution in [3.05, 3.63) is 70.7 Å². The average molecular weight is 495 g/mol. The summed E-state index contributed by atoms with van der Waals surface area (Å²) in [5, 5.41) is 18.1. The summed E-state index contributed by atoms with van der Waals surface area (Å²) in [6.07, 6.45) is -3.64. The van der Waals surface area contributed by atoms with Gasteiger partial charge in [0.25, 0.3) is 0 Å². The van der Waals surface area contributed by atoms with Crippen molar-refractivity contribution in [1.29, 1.82) is 5.26 Å². The number of benzene rings is 1. The van der Waals surface area contributed by atoms with Crippen LogP contribution in [0.4, 0.5) is 23.4 Å². The smallest absolute Gasteiger partial charge is 0.435 e. The monoisotopic (exact) mass is 495 g/mol. The summed E-state index contributed by atoms with van der Waals surface area (Å²) in [5.41, 5.74) is 7.34. The van der Waals surface area contributed by atoms with Crippen molar-refractivity contribution in [3.8, 4) is 28.6 Å². The molecule has 2 atom stereocenters. The Balaban J connectivity index is 1.72. The number of hydrogen-bond acceptors (Lipinski definition) is 6. The number of hydrogen-bond donors (Lipinski definition) is 1. The number of fused-ring (bicyclic) bond motifs is 7. The molecule has 4 aromatic rings. The Bertz CT molecular complexity index is 1580. The Kier molecular flexibility index (Phi) is 4.63. The molecule has 2 aliphatic heterocycles. The number of nitrogen functional groups attached to an aromatic ring is 1. The number of nitriles is 1. The quantitative estimate of drug-likeness (QED) is 0.354. The molecule has 8 nitrogen and oxygen atoms in total. The summed E-state index contributed by atoms with van der Waals surface area (Å²) in [4.78, 5) is 4.21. The van der Waals surface area contributed by atoms with Crippen molar-refractivity contribution in [2.75, 3.05) is 5.73 Å². The normalized spacial score (nSPS) is 18.2. The number of ether oxygens (including phenoxy) is 1. The van der Waals surface area contributed by atoms with Gasteiger partial charge in [-0.25, -0.2) is 14.1 Å². The van der Waals surface area contributed by atoms with Gasteiger partial charge in [-0.3, -0.25) is 4.68 Å². The molecule has 0 radical (unpaired) electrons. The summed E-state index contributed by atoms with van der Waals surface area (Å²) in [7, 11) is 0. The number of nitrogens with two attached hydrogens (primary N) is 1. The zero-order chi connectivity index (χ0) is 25.4.